The van der Waals surface area contributed by atoms with Crippen molar-refractivity contribution in [3.05, 3.63) is 41.7 Å². The molecule has 16 heavy (non-hydrogen) atoms. The van der Waals surface area contributed by atoms with Gasteiger partial charge in [0.2, 0.25) is 0 Å². The Morgan fingerprint density at radius 3 is 2.62 bits per heavy atom. The van der Waals surface area contributed by atoms with Crippen LogP contribution < -0.4 is 0 Å². The third kappa shape index (κ3) is 2.13. The van der Waals surface area contributed by atoms with Gasteiger partial charge in [0.25, 0.3) is 5.91 Å². The maximum absolute atomic E-state index is 13.2. The quantitative estimate of drug-likeness (QED) is 0.749. The normalized spacial score (nSPS) is 15.2. The summed E-state index contributed by atoms with van der Waals surface area (Å²) in [6.07, 6.45) is 3.62. The largest absolute Gasteiger partial charge is 0.339 e. The van der Waals surface area contributed by atoms with E-state index in [2.05, 4.69) is 6.58 Å². The molecule has 0 spiro atoms. The molecule has 0 aliphatic carbocycles. The minimum Gasteiger partial charge on any atom is -0.339 e. The molecule has 1 aromatic rings. The molecule has 3 heteroatoms. The number of hydrogen-bond acceptors (Lipinski definition) is 1. The van der Waals surface area contributed by atoms with Gasteiger partial charge in [0.15, 0.2) is 0 Å². The van der Waals surface area contributed by atoms with Crippen molar-refractivity contribution in [2.75, 3.05) is 13.1 Å². The van der Waals surface area contributed by atoms with Gasteiger partial charge in [-0.15, -0.1) is 0 Å². The molecule has 2 nitrogen and oxygen atoms in total. The maximum atomic E-state index is 13.2. The lowest BCUT2D eigenvalue weighted by Crippen LogP contribution is -2.27. The van der Waals surface area contributed by atoms with Crippen LogP contribution in [0, 0.1) is 5.82 Å². The highest BCUT2D eigenvalue weighted by atomic mass is 19.1. The average Bonchev–Trinajstić information content (AvgIpc) is 2.80. The molecule has 0 unspecified atom stereocenters. The number of benzene rings is 1. The second-order valence-electron chi connectivity index (χ2n) is 3.98. The van der Waals surface area contributed by atoms with Crippen molar-refractivity contribution >= 4 is 12.0 Å². The van der Waals surface area contributed by atoms with Gasteiger partial charge < -0.3 is 4.90 Å². The van der Waals surface area contributed by atoms with Gasteiger partial charge in [-0.3, -0.25) is 4.79 Å². The zero-order valence-corrected chi connectivity index (χ0v) is 9.08. The van der Waals surface area contributed by atoms with E-state index < -0.39 is 0 Å². The van der Waals surface area contributed by atoms with Crippen LogP contribution in [0.1, 0.15) is 28.8 Å². The molecule has 0 N–H and O–H groups in total. The Morgan fingerprint density at radius 2 is 2.00 bits per heavy atom. The van der Waals surface area contributed by atoms with Crippen LogP contribution in [0.5, 0.6) is 0 Å². The monoisotopic (exact) mass is 219 g/mol. The summed E-state index contributed by atoms with van der Waals surface area (Å²) in [5.74, 6) is -0.472. The standard InChI is InChI=1S/C13H14FNO/c1-2-10-7-11(9-12(14)8-10)13(16)15-5-3-4-6-15/h2,7-9H,1,3-6H2. The summed E-state index contributed by atoms with van der Waals surface area (Å²) in [7, 11) is 0. The molecule has 1 aliphatic heterocycles. The van der Waals surface area contributed by atoms with Crippen molar-refractivity contribution in [2.24, 2.45) is 0 Å². The molecular weight excluding hydrogens is 205 g/mol. The minimum atomic E-state index is -0.389. The first-order chi connectivity index (χ1) is 7.70. The Morgan fingerprint density at radius 1 is 1.31 bits per heavy atom. The number of nitrogens with zero attached hydrogens (tertiary/aromatic N) is 1. The molecular formula is C13H14FNO. The van der Waals surface area contributed by atoms with Crippen molar-refractivity contribution in [1.82, 2.24) is 4.90 Å². The Hall–Kier alpha value is -1.64. The van der Waals surface area contributed by atoms with Crippen LogP contribution in [0.25, 0.3) is 6.08 Å². The Bertz CT molecular complexity index is 422. The van der Waals surface area contributed by atoms with Crippen LogP contribution in [-0.2, 0) is 0 Å². The van der Waals surface area contributed by atoms with E-state index in [0.717, 1.165) is 25.9 Å². The molecule has 0 saturated carbocycles. The first kappa shape index (κ1) is 10.9. The lowest BCUT2D eigenvalue weighted by Gasteiger charge is -2.15. The fourth-order valence-corrected chi connectivity index (χ4v) is 1.96. The Labute approximate surface area is 94.4 Å². The predicted molar refractivity (Wildman–Crippen MR) is 61.6 cm³/mol. The molecule has 0 radical (unpaired) electrons. The van der Waals surface area contributed by atoms with Gasteiger partial charge >= 0.3 is 0 Å². The molecule has 1 amide bonds. The molecule has 0 aromatic heterocycles. The van der Waals surface area contributed by atoms with E-state index in [-0.39, 0.29) is 11.7 Å². The SMILES string of the molecule is C=Cc1cc(F)cc(C(=O)N2CCCC2)c1. The van der Waals surface area contributed by atoms with Gasteiger partial charge in [0.1, 0.15) is 5.82 Å². The number of likely N-dealkylation sites (tertiary alicyclic amines) is 1. The maximum Gasteiger partial charge on any atom is 0.253 e. The van der Waals surface area contributed by atoms with Gasteiger partial charge in [0, 0.05) is 18.7 Å². The molecule has 2 rings (SSSR count). The van der Waals surface area contributed by atoms with Crippen molar-refractivity contribution in [1.29, 1.82) is 0 Å². The van der Waals surface area contributed by atoms with E-state index in [9.17, 15) is 9.18 Å². The fourth-order valence-electron chi connectivity index (χ4n) is 1.96. The van der Waals surface area contributed by atoms with E-state index in [1.165, 1.54) is 12.1 Å². The molecule has 84 valence electrons. The van der Waals surface area contributed by atoms with Crippen LogP contribution in [0.3, 0.4) is 0 Å². The number of rotatable bonds is 2. The van der Waals surface area contributed by atoms with Crippen molar-refractivity contribution < 1.29 is 9.18 Å². The predicted octanol–water partition coefficient (Wildman–Crippen LogP) is 2.70. The first-order valence-electron chi connectivity index (χ1n) is 5.43. The first-order valence-corrected chi connectivity index (χ1v) is 5.43. The van der Waals surface area contributed by atoms with E-state index in [1.807, 2.05) is 0 Å². The number of amides is 1. The van der Waals surface area contributed by atoms with Crippen molar-refractivity contribution in [2.45, 2.75) is 12.8 Å². The second-order valence-corrected chi connectivity index (χ2v) is 3.98. The third-order valence-electron chi connectivity index (χ3n) is 2.80. The highest BCUT2D eigenvalue weighted by Crippen LogP contribution is 2.16. The van der Waals surface area contributed by atoms with Gasteiger partial charge in [0.05, 0.1) is 0 Å². The number of carbonyl (C=O) groups excluding carboxylic acids is 1. The van der Waals surface area contributed by atoms with Crippen LogP contribution in [0.2, 0.25) is 0 Å². The fraction of sp³-hybridized carbons (Fsp3) is 0.308. The van der Waals surface area contributed by atoms with E-state index in [1.54, 1.807) is 17.0 Å². The smallest absolute Gasteiger partial charge is 0.253 e. The Kier molecular flexibility index (Phi) is 3.04. The molecule has 1 fully saturated rings. The van der Waals surface area contributed by atoms with Crippen molar-refractivity contribution in [3.8, 4) is 0 Å². The third-order valence-corrected chi connectivity index (χ3v) is 2.80. The summed E-state index contributed by atoms with van der Waals surface area (Å²) in [6, 6.07) is 4.33. The highest BCUT2D eigenvalue weighted by Gasteiger charge is 2.19. The molecule has 0 atom stereocenters. The van der Waals surface area contributed by atoms with Crippen LogP contribution in [0.15, 0.2) is 24.8 Å². The number of halogens is 1. The summed E-state index contributed by atoms with van der Waals surface area (Å²) in [5.41, 5.74) is 1.05. The molecule has 1 aromatic carbocycles. The van der Waals surface area contributed by atoms with Crippen LogP contribution in [0.4, 0.5) is 4.39 Å². The molecule has 1 saturated heterocycles. The molecule has 0 bridgehead atoms. The Balaban J connectivity index is 2.28. The zero-order valence-electron chi connectivity index (χ0n) is 9.08. The highest BCUT2D eigenvalue weighted by molar-refractivity contribution is 5.95. The lowest BCUT2D eigenvalue weighted by molar-refractivity contribution is 0.0792. The lowest BCUT2D eigenvalue weighted by atomic mass is 10.1. The van der Waals surface area contributed by atoms with Gasteiger partial charge in [-0.05, 0) is 36.6 Å². The summed E-state index contributed by atoms with van der Waals surface area (Å²) in [6.45, 7) is 5.13. The number of hydrogen-bond donors (Lipinski definition) is 0. The minimum absolute atomic E-state index is 0.0832. The van der Waals surface area contributed by atoms with Gasteiger partial charge in [-0.25, -0.2) is 4.39 Å². The van der Waals surface area contributed by atoms with E-state index in [0.29, 0.717) is 11.1 Å². The summed E-state index contributed by atoms with van der Waals surface area (Å²) in [4.78, 5) is 13.8. The van der Waals surface area contributed by atoms with E-state index in [4.69, 9.17) is 0 Å². The average molecular weight is 219 g/mol. The molecule has 1 heterocycles. The summed E-state index contributed by atoms with van der Waals surface area (Å²) < 4.78 is 13.2. The van der Waals surface area contributed by atoms with Gasteiger partial charge in [-0.1, -0.05) is 12.7 Å². The molecule has 1 aliphatic rings. The topological polar surface area (TPSA) is 20.3 Å². The van der Waals surface area contributed by atoms with Crippen LogP contribution in [-0.4, -0.2) is 23.9 Å². The van der Waals surface area contributed by atoms with Crippen molar-refractivity contribution in [3.63, 3.8) is 0 Å². The zero-order chi connectivity index (χ0) is 11.5. The van der Waals surface area contributed by atoms with Crippen LogP contribution >= 0.6 is 0 Å². The number of carbonyl (C=O) groups is 1. The van der Waals surface area contributed by atoms with Gasteiger partial charge in [-0.2, -0.15) is 0 Å². The summed E-state index contributed by atoms with van der Waals surface area (Å²) in [5, 5.41) is 0. The second kappa shape index (κ2) is 4.47. The van der Waals surface area contributed by atoms with E-state index >= 15 is 0 Å². The summed E-state index contributed by atoms with van der Waals surface area (Å²) >= 11 is 0.